The largest absolute Gasteiger partial charge is 0.481 e. The summed E-state index contributed by atoms with van der Waals surface area (Å²) in [6.45, 7) is 0.614. The first-order chi connectivity index (χ1) is 10.3. The van der Waals surface area contributed by atoms with Gasteiger partial charge in [-0.05, 0) is 18.2 Å². The van der Waals surface area contributed by atoms with Crippen LogP contribution in [-0.4, -0.2) is 26.6 Å². The Labute approximate surface area is 122 Å². The molecule has 6 heteroatoms. The van der Waals surface area contributed by atoms with Gasteiger partial charge < -0.3 is 10.1 Å². The van der Waals surface area contributed by atoms with Gasteiger partial charge in [0, 0.05) is 18.5 Å². The first kappa shape index (κ1) is 13.1. The second-order valence-electron chi connectivity index (χ2n) is 4.40. The molecule has 3 aromatic heterocycles. The molecule has 0 aliphatic rings. The number of methoxy groups -OCH3 is 1. The normalized spacial score (nSPS) is 10.3. The third-order valence-electron chi connectivity index (χ3n) is 2.98. The molecule has 1 N–H and O–H groups in total. The summed E-state index contributed by atoms with van der Waals surface area (Å²) < 4.78 is 6.96. The van der Waals surface area contributed by atoms with E-state index in [1.54, 1.807) is 25.8 Å². The molecule has 21 heavy (non-hydrogen) atoms. The smallest absolute Gasteiger partial charge is 0.213 e. The lowest BCUT2D eigenvalue weighted by atomic mass is 10.3. The highest BCUT2D eigenvalue weighted by Crippen LogP contribution is 2.12. The zero-order chi connectivity index (χ0) is 14.5. The van der Waals surface area contributed by atoms with Gasteiger partial charge in [0.05, 0.1) is 31.2 Å². The zero-order valence-corrected chi connectivity index (χ0v) is 11.6. The van der Waals surface area contributed by atoms with Crippen molar-refractivity contribution in [3.05, 3.63) is 60.9 Å². The molecule has 0 atom stereocenters. The van der Waals surface area contributed by atoms with E-state index in [4.69, 9.17) is 4.74 Å². The molecule has 6 nitrogen and oxygen atoms in total. The van der Waals surface area contributed by atoms with Crippen molar-refractivity contribution in [1.29, 1.82) is 0 Å². The minimum Gasteiger partial charge on any atom is -0.481 e. The second-order valence-corrected chi connectivity index (χ2v) is 4.40. The first-order valence-corrected chi connectivity index (χ1v) is 6.53. The SMILES string of the molecule is COc1cccc(CNc2ccc(-n3ccnc3)nc2)n1. The molecule has 0 radical (unpaired) electrons. The minimum absolute atomic E-state index is 0.614. The van der Waals surface area contributed by atoms with Gasteiger partial charge in [0.25, 0.3) is 0 Å². The van der Waals surface area contributed by atoms with E-state index in [1.165, 1.54) is 0 Å². The molecule has 3 heterocycles. The maximum atomic E-state index is 5.10. The average Bonchev–Trinajstić information content (AvgIpc) is 3.08. The topological polar surface area (TPSA) is 64.9 Å². The third kappa shape index (κ3) is 3.17. The molecule has 0 aliphatic carbocycles. The van der Waals surface area contributed by atoms with Crippen LogP contribution in [0.25, 0.3) is 5.82 Å². The highest BCUT2D eigenvalue weighted by molar-refractivity contribution is 5.44. The predicted octanol–water partition coefficient (Wildman–Crippen LogP) is 2.28. The number of aromatic nitrogens is 4. The van der Waals surface area contributed by atoms with Crippen LogP contribution < -0.4 is 10.1 Å². The van der Waals surface area contributed by atoms with Crippen LogP contribution in [-0.2, 0) is 6.54 Å². The highest BCUT2D eigenvalue weighted by Gasteiger charge is 2.00. The molecular formula is C15H15N5O. The third-order valence-corrected chi connectivity index (χ3v) is 2.98. The van der Waals surface area contributed by atoms with Crippen LogP contribution in [0.3, 0.4) is 0 Å². The van der Waals surface area contributed by atoms with Crippen molar-refractivity contribution in [2.75, 3.05) is 12.4 Å². The fourth-order valence-corrected chi connectivity index (χ4v) is 1.90. The standard InChI is InChI=1S/C15H15N5O/c1-21-15-4-2-3-13(19-15)10-17-12-5-6-14(18-9-12)20-8-7-16-11-20/h2-9,11,17H,10H2,1H3. The predicted molar refractivity (Wildman–Crippen MR) is 79.5 cm³/mol. The number of nitrogens with zero attached hydrogens (tertiary/aromatic N) is 4. The number of hydrogen-bond donors (Lipinski definition) is 1. The summed E-state index contributed by atoms with van der Waals surface area (Å²) in [5.74, 6) is 1.44. The van der Waals surface area contributed by atoms with Crippen molar-refractivity contribution < 1.29 is 4.74 Å². The molecule has 0 unspecified atom stereocenters. The Morgan fingerprint density at radius 1 is 1.24 bits per heavy atom. The minimum atomic E-state index is 0.614. The molecule has 0 aromatic carbocycles. The van der Waals surface area contributed by atoms with Crippen molar-refractivity contribution in [1.82, 2.24) is 19.5 Å². The number of pyridine rings is 2. The van der Waals surface area contributed by atoms with Gasteiger partial charge in [0.2, 0.25) is 5.88 Å². The molecule has 0 saturated heterocycles. The molecule has 106 valence electrons. The zero-order valence-electron chi connectivity index (χ0n) is 11.6. The fourth-order valence-electron chi connectivity index (χ4n) is 1.90. The lowest BCUT2D eigenvalue weighted by molar-refractivity contribution is 0.396. The Balaban J connectivity index is 1.65. The van der Waals surface area contributed by atoms with Crippen LogP contribution in [0, 0.1) is 0 Å². The van der Waals surface area contributed by atoms with Gasteiger partial charge in [-0.25, -0.2) is 15.0 Å². The van der Waals surface area contributed by atoms with Crippen LogP contribution in [0.1, 0.15) is 5.69 Å². The number of nitrogens with one attached hydrogen (secondary N) is 1. The Bertz CT molecular complexity index is 694. The van der Waals surface area contributed by atoms with Gasteiger partial charge in [-0.15, -0.1) is 0 Å². The van der Waals surface area contributed by atoms with E-state index < -0.39 is 0 Å². The van der Waals surface area contributed by atoms with Gasteiger partial charge in [0.15, 0.2) is 0 Å². The Kier molecular flexibility index (Phi) is 3.77. The maximum absolute atomic E-state index is 5.10. The number of imidazole rings is 1. The summed E-state index contributed by atoms with van der Waals surface area (Å²) in [5, 5.41) is 3.28. The molecule has 0 bridgehead atoms. The van der Waals surface area contributed by atoms with Gasteiger partial charge in [-0.2, -0.15) is 0 Å². The van der Waals surface area contributed by atoms with Crippen LogP contribution in [0.15, 0.2) is 55.2 Å². The number of ether oxygens (including phenoxy) is 1. The number of rotatable bonds is 5. The van der Waals surface area contributed by atoms with E-state index in [1.807, 2.05) is 41.1 Å². The molecule has 0 amide bonds. The summed E-state index contributed by atoms with van der Waals surface area (Å²) in [7, 11) is 1.61. The molecule has 0 fully saturated rings. The van der Waals surface area contributed by atoms with Crippen molar-refractivity contribution in [2.45, 2.75) is 6.54 Å². The average molecular weight is 281 g/mol. The van der Waals surface area contributed by atoms with E-state index in [0.717, 1.165) is 17.2 Å². The van der Waals surface area contributed by atoms with E-state index in [0.29, 0.717) is 12.4 Å². The van der Waals surface area contributed by atoms with Crippen LogP contribution in [0.5, 0.6) is 5.88 Å². The number of hydrogen-bond acceptors (Lipinski definition) is 5. The van der Waals surface area contributed by atoms with Crippen molar-refractivity contribution in [2.24, 2.45) is 0 Å². The fraction of sp³-hybridized carbons (Fsp3) is 0.133. The summed E-state index contributed by atoms with van der Waals surface area (Å²) in [6, 6.07) is 9.60. The van der Waals surface area contributed by atoms with E-state index >= 15 is 0 Å². The molecule has 0 spiro atoms. The summed E-state index contributed by atoms with van der Waals surface area (Å²) in [4.78, 5) is 12.7. The van der Waals surface area contributed by atoms with E-state index in [-0.39, 0.29) is 0 Å². The van der Waals surface area contributed by atoms with Crippen molar-refractivity contribution in [3.8, 4) is 11.7 Å². The molecule has 0 saturated carbocycles. The first-order valence-electron chi connectivity index (χ1n) is 6.53. The summed E-state index contributed by atoms with van der Waals surface area (Å²) in [5.41, 5.74) is 1.84. The van der Waals surface area contributed by atoms with Crippen LogP contribution >= 0.6 is 0 Å². The lowest BCUT2D eigenvalue weighted by Crippen LogP contribution is -2.03. The molecule has 3 rings (SSSR count). The van der Waals surface area contributed by atoms with Crippen LogP contribution in [0.2, 0.25) is 0 Å². The van der Waals surface area contributed by atoms with E-state index in [2.05, 4.69) is 20.3 Å². The van der Waals surface area contributed by atoms with Gasteiger partial charge >= 0.3 is 0 Å². The maximum Gasteiger partial charge on any atom is 0.213 e. The van der Waals surface area contributed by atoms with Gasteiger partial charge in [-0.3, -0.25) is 4.57 Å². The Morgan fingerprint density at radius 3 is 2.90 bits per heavy atom. The van der Waals surface area contributed by atoms with Crippen LogP contribution in [0.4, 0.5) is 5.69 Å². The Hall–Kier alpha value is -2.89. The molecular weight excluding hydrogens is 266 g/mol. The van der Waals surface area contributed by atoms with E-state index in [9.17, 15) is 0 Å². The van der Waals surface area contributed by atoms with Crippen molar-refractivity contribution in [3.63, 3.8) is 0 Å². The monoisotopic (exact) mass is 281 g/mol. The summed E-state index contributed by atoms with van der Waals surface area (Å²) >= 11 is 0. The lowest BCUT2D eigenvalue weighted by Gasteiger charge is -2.08. The highest BCUT2D eigenvalue weighted by atomic mass is 16.5. The molecule has 3 aromatic rings. The quantitative estimate of drug-likeness (QED) is 0.777. The second kappa shape index (κ2) is 6.04. The van der Waals surface area contributed by atoms with Gasteiger partial charge in [-0.1, -0.05) is 6.07 Å². The number of anilines is 1. The Morgan fingerprint density at radius 2 is 2.19 bits per heavy atom. The van der Waals surface area contributed by atoms with Gasteiger partial charge in [0.1, 0.15) is 12.1 Å². The van der Waals surface area contributed by atoms with Crippen molar-refractivity contribution >= 4 is 5.69 Å². The summed E-state index contributed by atoms with van der Waals surface area (Å²) in [6.07, 6.45) is 7.09. The molecule has 0 aliphatic heterocycles.